The molecule has 1 saturated heterocycles. The van der Waals surface area contributed by atoms with Crippen molar-refractivity contribution in [1.82, 2.24) is 19.6 Å². The lowest BCUT2D eigenvalue weighted by molar-refractivity contribution is 0.218. The Morgan fingerprint density at radius 2 is 1.86 bits per heavy atom. The first-order valence-corrected chi connectivity index (χ1v) is 9.09. The van der Waals surface area contributed by atoms with E-state index < -0.39 is 10.0 Å². The van der Waals surface area contributed by atoms with E-state index in [-0.39, 0.29) is 12.3 Å². The molecule has 0 saturated carbocycles. The number of sulfonamides is 1. The van der Waals surface area contributed by atoms with Gasteiger partial charge in [-0.2, -0.15) is 0 Å². The molecule has 2 heterocycles. The van der Waals surface area contributed by atoms with Gasteiger partial charge in [0.05, 0.1) is 29.9 Å². The second-order valence-electron chi connectivity index (χ2n) is 5.67. The molecule has 6 nitrogen and oxygen atoms in total. The molecule has 1 aliphatic rings. The van der Waals surface area contributed by atoms with Gasteiger partial charge in [0.2, 0.25) is 10.0 Å². The number of nitrogens with zero attached hydrogens (tertiary/aromatic N) is 3. The lowest BCUT2D eigenvalue weighted by Gasteiger charge is -2.28. The highest BCUT2D eigenvalue weighted by Crippen LogP contribution is 2.19. The summed E-state index contributed by atoms with van der Waals surface area (Å²) in [6, 6.07) is 0. The van der Waals surface area contributed by atoms with E-state index in [1.807, 2.05) is 0 Å². The Morgan fingerprint density at radius 3 is 2.43 bits per heavy atom. The van der Waals surface area contributed by atoms with Crippen LogP contribution in [-0.4, -0.2) is 49.2 Å². The van der Waals surface area contributed by atoms with Crippen molar-refractivity contribution in [3.63, 3.8) is 0 Å². The molecule has 0 radical (unpaired) electrons. The highest BCUT2D eigenvalue weighted by molar-refractivity contribution is 7.89. The van der Waals surface area contributed by atoms with Gasteiger partial charge in [0, 0.05) is 6.20 Å². The third-order valence-corrected chi connectivity index (χ3v) is 5.29. The van der Waals surface area contributed by atoms with Crippen LogP contribution in [0.3, 0.4) is 0 Å². The fourth-order valence-corrected chi connectivity index (χ4v) is 3.00. The van der Waals surface area contributed by atoms with Crippen molar-refractivity contribution >= 4 is 10.0 Å². The predicted octanol–water partition coefficient (Wildman–Crippen LogP) is 0.800. The van der Waals surface area contributed by atoms with Crippen LogP contribution in [0.25, 0.3) is 0 Å². The van der Waals surface area contributed by atoms with Gasteiger partial charge in [-0.05, 0) is 52.2 Å². The number of nitrogens with one attached hydrogen (secondary N) is 1. The minimum absolute atomic E-state index is 0.0780. The zero-order valence-electron chi connectivity index (χ0n) is 12.7. The minimum atomic E-state index is -3.18. The Bertz CT molecular complexity index is 537. The smallest absolute Gasteiger partial charge is 0.211 e. The first-order valence-electron chi connectivity index (χ1n) is 7.44. The number of hydrogen-bond acceptors (Lipinski definition) is 5. The maximum absolute atomic E-state index is 11.4. The molecule has 2 rings (SSSR count). The second kappa shape index (κ2) is 7.29. The Balaban J connectivity index is 1.84. The largest absolute Gasteiger partial charge is 0.306 e. The standard InChI is InChI=1S/C14H24N4O2S/c1-3-21(19,20)17-11-14-10-15-13(9-16-14)8-12-4-6-18(2)7-5-12/h9-10,12,17H,3-8,11H2,1-2H3. The molecule has 0 amide bonds. The number of piperidine rings is 1. The van der Waals surface area contributed by atoms with E-state index in [9.17, 15) is 8.42 Å². The predicted molar refractivity (Wildman–Crippen MR) is 82.3 cm³/mol. The van der Waals surface area contributed by atoms with Crippen LogP contribution in [-0.2, 0) is 23.0 Å². The van der Waals surface area contributed by atoms with Gasteiger partial charge in [0.15, 0.2) is 0 Å². The van der Waals surface area contributed by atoms with Crippen LogP contribution in [0.4, 0.5) is 0 Å². The van der Waals surface area contributed by atoms with Crippen LogP contribution in [0, 0.1) is 5.92 Å². The van der Waals surface area contributed by atoms with Crippen molar-refractivity contribution in [3.8, 4) is 0 Å². The fraction of sp³-hybridized carbons (Fsp3) is 0.714. The van der Waals surface area contributed by atoms with Crippen LogP contribution >= 0.6 is 0 Å². The van der Waals surface area contributed by atoms with Crippen LogP contribution < -0.4 is 4.72 Å². The van der Waals surface area contributed by atoms with Crippen LogP contribution in [0.15, 0.2) is 12.4 Å². The maximum atomic E-state index is 11.4. The Morgan fingerprint density at radius 1 is 1.24 bits per heavy atom. The molecule has 21 heavy (non-hydrogen) atoms. The number of hydrogen-bond donors (Lipinski definition) is 1. The number of aromatic nitrogens is 2. The van der Waals surface area contributed by atoms with E-state index in [1.165, 1.54) is 12.8 Å². The van der Waals surface area contributed by atoms with Gasteiger partial charge in [-0.15, -0.1) is 0 Å². The average molecular weight is 312 g/mol. The lowest BCUT2D eigenvalue weighted by Crippen LogP contribution is -2.31. The molecule has 0 aliphatic carbocycles. The monoisotopic (exact) mass is 312 g/mol. The van der Waals surface area contributed by atoms with Gasteiger partial charge >= 0.3 is 0 Å². The molecule has 0 atom stereocenters. The summed E-state index contributed by atoms with van der Waals surface area (Å²) in [6.45, 7) is 4.11. The van der Waals surface area contributed by atoms with Gasteiger partial charge in [-0.1, -0.05) is 0 Å². The van der Waals surface area contributed by atoms with E-state index >= 15 is 0 Å². The van der Waals surface area contributed by atoms with Gasteiger partial charge in [0.25, 0.3) is 0 Å². The highest BCUT2D eigenvalue weighted by atomic mass is 32.2. The van der Waals surface area contributed by atoms with Gasteiger partial charge in [-0.3, -0.25) is 9.97 Å². The van der Waals surface area contributed by atoms with Crippen LogP contribution in [0.5, 0.6) is 0 Å². The molecule has 118 valence electrons. The number of likely N-dealkylation sites (tertiary alicyclic amines) is 1. The molecule has 0 spiro atoms. The molecule has 1 N–H and O–H groups in total. The third kappa shape index (κ3) is 5.33. The van der Waals surface area contributed by atoms with Gasteiger partial charge in [0.1, 0.15) is 0 Å². The normalized spacial score (nSPS) is 18.0. The van der Waals surface area contributed by atoms with E-state index in [1.54, 1.807) is 19.3 Å². The van der Waals surface area contributed by atoms with Gasteiger partial charge < -0.3 is 4.90 Å². The topological polar surface area (TPSA) is 75.2 Å². The van der Waals surface area contributed by atoms with Crippen LogP contribution in [0.1, 0.15) is 31.2 Å². The van der Waals surface area contributed by atoms with E-state index in [2.05, 4.69) is 26.6 Å². The zero-order valence-corrected chi connectivity index (χ0v) is 13.6. The fourth-order valence-electron chi connectivity index (χ4n) is 2.43. The van der Waals surface area contributed by atoms with Crippen molar-refractivity contribution in [2.75, 3.05) is 25.9 Å². The van der Waals surface area contributed by atoms with Crippen molar-refractivity contribution < 1.29 is 8.42 Å². The molecule has 1 aromatic heterocycles. The summed E-state index contributed by atoms with van der Waals surface area (Å²) in [4.78, 5) is 11.1. The average Bonchev–Trinajstić information content (AvgIpc) is 2.49. The van der Waals surface area contributed by atoms with E-state index in [4.69, 9.17) is 0 Å². The summed E-state index contributed by atoms with van der Waals surface area (Å²) in [5.74, 6) is 0.759. The van der Waals surface area contributed by atoms with Crippen molar-refractivity contribution in [3.05, 3.63) is 23.8 Å². The first kappa shape index (κ1) is 16.3. The van der Waals surface area contributed by atoms with Crippen molar-refractivity contribution in [1.29, 1.82) is 0 Å². The molecule has 7 heteroatoms. The molecule has 1 fully saturated rings. The highest BCUT2D eigenvalue weighted by Gasteiger charge is 2.17. The minimum Gasteiger partial charge on any atom is -0.306 e. The second-order valence-corrected chi connectivity index (χ2v) is 7.77. The summed E-state index contributed by atoms with van der Waals surface area (Å²) in [5, 5.41) is 0. The Hall–Kier alpha value is -1.05. The molecular formula is C14H24N4O2S. The number of rotatable bonds is 6. The van der Waals surface area contributed by atoms with Gasteiger partial charge in [-0.25, -0.2) is 13.1 Å². The molecule has 1 aromatic rings. The van der Waals surface area contributed by atoms with Crippen LogP contribution in [0.2, 0.25) is 0 Å². The summed E-state index contributed by atoms with van der Waals surface area (Å²) < 4.78 is 25.2. The van der Waals surface area contributed by atoms with Crippen molar-refractivity contribution in [2.45, 2.75) is 32.7 Å². The summed E-state index contributed by atoms with van der Waals surface area (Å²) >= 11 is 0. The molecule has 0 aromatic carbocycles. The third-order valence-electron chi connectivity index (χ3n) is 3.95. The van der Waals surface area contributed by atoms with Crippen molar-refractivity contribution in [2.24, 2.45) is 5.92 Å². The molecule has 0 unspecified atom stereocenters. The Labute approximate surface area is 127 Å². The lowest BCUT2D eigenvalue weighted by atomic mass is 9.92. The summed E-state index contributed by atoms with van der Waals surface area (Å²) in [7, 11) is -1.02. The first-order chi connectivity index (χ1) is 9.98. The quantitative estimate of drug-likeness (QED) is 0.841. The van der Waals surface area contributed by atoms with E-state index in [0.717, 1.165) is 25.2 Å². The molecular weight excluding hydrogens is 288 g/mol. The molecule has 0 bridgehead atoms. The summed E-state index contributed by atoms with van der Waals surface area (Å²) in [6.07, 6.45) is 6.81. The molecule has 1 aliphatic heterocycles. The van der Waals surface area contributed by atoms with E-state index in [0.29, 0.717) is 11.6 Å². The maximum Gasteiger partial charge on any atom is 0.211 e. The zero-order chi connectivity index (χ0) is 15.3. The Kier molecular flexibility index (Phi) is 5.66. The summed E-state index contributed by atoms with van der Waals surface area (Å²) in [5.41, 5.74) is 1.64. The SMILES string of the molecule is CCS(=O)(=O)NCc1cnc(CC2CCN(C)CC2)cn1.